The van der Waals surface area contributed by atoms with Crippen molar-refractivity contribution in [1.29, 1.82) is 0 Å². The fourth-order valence-corrected chi connectivity index (χ4v) is 0.408. The summed E-state index contributed by atoms with van der Waals surface area (Å²) >= 11 is 0. The highest BCUT2D eigenvalue weighted by molar-refractivity contribution is 4.37. The summed E-state index contributed by atoms with van der Waals surface area (Å²) < 4.78 is 0. The standard InChI is InChI=1S/C5H14N2/c1-3-4-5-7(2)6/h3-6H2,1-2H3. The lowest BCUT2D eigenvalue weighted by molar-refractivity contribution is 0.342. The maximum Gasteiger partial charge on any atom is 0.0125 e. The van der Waals surface area contributed by atoms with Gasteiger partial charge >= 0.3 is 0 Å². The summed E-state index contributed by atoms with van der Waals surface area (Å²) in [7, 11) is 1.88. The number of nitrogens with two attached hydrogens (primary N) is 1. The highest BCUT2D eigenvalue weighted by Gasteiger charge is 1.84. The van der Waals surface area contributed by atoms with E-state index in [9.17, 15) is 0 Å². The van der Waals surface area contributed by atoms with Crippen molar-refractivity contribution < 1.29 is 0 Å². The molecule has 0 aliphatic carbocycles. The molecule has 0 saturated carbocycles. The molecular formula is C5H14N2. The molecule has 0 aromatic heterocycles. The molecule has 0 aromatic rings. The topological polar surface area (TPSA) is 29.3 Å². The third kappa shape index (κ3) is 5.92. The molecule has 44 valence electrons. The van der Waals surface area contributed by atoms with E-state index in [-0.39, 0.29) is 0 Å². The third-order valence-electron chi connectivity index (χ3n) is 0.864. The summed E-state index contributed by atoms with van der Waals surface area (Å²) in [6, 6.07) is 0. The normalized spacial score (nSPS) is 10.3. The summed E-state index contributed by atoms with van der Waals surface area (Å²) in [4.78, 5) is 0. The van der Waals surface area contributed by atoms with Crippen molar-refractivity contribution >= 4 is 0 Å². The number of nitrogens with zero attached hydrogens (tertiary/aromatic N) is 1. The fourth-order valence-electron chi connectivity index (χ4n) is 0.408. The lowest BCUT2D eigenvalue weighted by Crippen LogP contribution is -2.26. The molecule has 0 radical (unpaired) electrons. The zero-order valence-electron chi connectivity index (χ0n) is 5.15. The van der Waals surface area contributed by atoms with Crippen molar-refractivity contribution in [2.75, 3.05) is 13.6 Å². The van der Waals surface area contributed by atoms with E-state index in [1.807, 2.05) is 7.05 Å². The van der Waals surface area contributed by atoms with E-state index in [4.69, 9.17) is 5.84 Å². The molecule has 7 heavy (non-hydrogen) atoms. The second-order valence-corrected chi connectivity index (χ2v) is 1.83. The van der Waals surface area contributed by atoms with E-state index in [0.29, 0.717) is 0 Å². The first-order chi connectivity index (χ1) is 3.27. The fraction of sp³-hybridized carbons (Fsp3) is 1.00. The van der Waals surface area contributed by atoms with Crippen molar-refractivity contribution in [3.8, 4) is 0 Å². The number of hydrazine groups is 1. The summed E-state index contributed by atoms with van der Waals surface area (Å²) in [5.41, 5.74) is 0. The Bertz CT molecular complexity index is 35.1. The summed E-state index contributed by atoms with van der Waals surface area (Å²) in [6.45, 7) is 3.17. The van der Waals surface area contributed by atoms with E-state index >= 15 is 0 Å². The van der Waals surface area contributed by atoms with Crippen LogP contribution in [0.3, 0.4) is 0 Å². The minimum absolute atomic E-state index is 1.01. The van der Waals surface area contributed by atoms with Crippen molar-refractivity contribution in [3.63, 3.8) is 0 Å². The molecule has 0 aliphatic heterocycles. The van der Waals surface area contributed by atoms with E-state index in [1.165, 1.54) is 12.8 Å². The SMILES string of the molecule is CCCCN(C)N. The van der Waals surface area contributed by atoms with Crippen LogP contribution < -0.4 is 5.84 Å². The molecule has 2 nitrogen and oxygen atoms in total. The van der Waals surface area contributed by atoms with E-state index in [1.54, 1.807) is 5.01 Å². The van der Waals surface area contributed by atoms with Crippen molar-refractivity contribution in [3.05, 3.63) is 0 Å². The Labute approximate surface area is 45.3 Å². The van der Waals surface area contributed by atoms with Crippen LogP contribution in [0.1, 0.15) is 19.8 Å². The van der Waals surface area contributed by atoms with Gasteiger partial charge in [-0.05, 0) is 6.42 Å². The van der Waals surface area contributed by atoms with E-state index in [0.717, 1.165) is 6.54 Å². The van der Waals surface area contributed by atoms with Crippen LogP contribution in [0.25, 0.3) is 0 Å². The molecule has 0 unspecified atom stereocenters. The van der Waals surface area contributed by atoms with Crippen LogP contribution in [-0.2, 0) is 0 Å². The van der Waals surface area contributed by atoms with Gasteiger partial charge in [-0.25, -0.2) is 0 Å². The number of unbranched alkanes of at least 4 members (excludes halogenated alkanes) is 1. The maximum atomic E-state index is 5.31. The first-order valence-corrected chi connectivity index (χ1v) is 2.73. The number of rotatable bonds is 3. The van der Waals surface area contributed by atoms with Gasteiger partial charge in [-0.1, -0.05) is 13.3 Å². The van der Waals surface area contributed by atoms with Gasteiger partial charge < -0.3 is 0 Å². The molecule has 0 heterocycles. The van der Waals surface area contributed by atoms with Crippen LogP contribution in [0.5, 0.6) is 0 Å². The first kappa shape index (κ1) is 6.92. The molecule has 0 saturated heterocycles. The van der Waals surface area contributed by atoms with Gasteiger partial charge in [0, 0.05) is 13.6 Å². The zero-order valence-corrected chi connectivity index (χ0v) is 5.15. The highest BCUT2D eigenvalue weighted by Crippen LogP contribution is 1.84. The van der Waals surface area contributed by atoms with Crippen LogP contribution in [-0.4, -0.2) is 18.6 Å². The molecular weight excluding hydrogens is 88.1 g/mol. The van der Waals surface area contributed by atoms with Gasteiger partial charge in [0.15, 0.2) is 0 Å². The maximum absolute atomic E-state index is 5.31. The van der Waals surface area contributed by atoms with E-state index < -0.39 is 0 Å². The Morgan fingerprint density at radius 2 is 2.14 bits per heavy atom. The Hall–Kier alpha value is -0.0800. The van der Waals surface area contributed by atoms with Crippen molar-refractivity contribution in [2.24, 2.45) is 5.84 Å². The second kappa shape index (κ2) is 4.09. The molecule has 0 atom stereocenters. The number of hydrogen-bond donors (Lipinski definition) is 1. The second-order valence-electron chi connectivity index (χ2n) is 1.83. The summed E-state index contributed by atoms with van der Waals surface area (Å²) in [5.74, 6) is 5.31. The monoisotopic (exact) mass is 102 g/mol. The smallest absolute Gasteiger partial charge is 0.0125 e. The quantitative estimate of drug-likeness (QED) is 0.417. The Morgan fingerprint density at radius 1 is 1.57 bits per heavy atom. The first-order valence-electron chi connectivity index (χ1n) is 2.73. The lowest BCUT2D eigenvalue weighted by atomic mass is 10.3. The largest absolute Gasteiger partial charge is 0.269 e. The average Bonchev–Trinajstić information content (AvgIpc) is 1.61. The minimum atomic E-state index is 1.01. The summed E-state index contributed by atoms with van der Waals surface area (Å²) in [5, 5.41) is 1.71. The minimum Gasteiger partial charge on any atom is -0.269 e. The molecule has 0 spiro atoms. The molecule has 0 amide bonds. The predicted octanol–water partition coefficient (Wildman–Crippen LogP) is 0.592. The van der Waals surface area contributed by atoms with Gasteiger partial charge in [0.2, 0.25) is 0 Å². The van der Waals surface area contributed by atoms with Gasteiger partial charge in [0.1, 0.15) is 0 Å². The predicted molar refractivity (Wildman–Crippen MR) is 31.7 cm³/mol. The molecule has 0 aromatic carbocycles. The van der Waals surface area contributed by atoms with Gasteiger partial charge in [-0.15, -0.1) is 0 Å². The molecule has 0 fully saturated rings. The van der Waals surface area contributed by atoms with Crippen molar-refractivity contribution in [1.82, 2.24) is 5.01 Å². The third-order valence-corrected chi connectivity index (χ3v) is 0.864. The highest BCUT2D eigenvalue weighted by atomic mass is 15.4. The van der Waals surface area contributed by atoms with Crippen LogP contribution in [0.2, 0.25) is 0 Å². The van der Waals surface area contributed by atoms with E-state index in [2.05, 4.69) is 6.92 Å². The van der Waals surface area contributed by atoms with Crippen LogP contribution >= 0.6 is 0 Å². The van der Waals surface area contributed by atoms with Crippen LogP contribution in [0.15, 0.2) is 0 Å². The molecule has 2 N–H and O–H groups in total. The van der Waals surface area contributed by atoms with Gasteiger partial charge in [-0.2, -0.15) is 0 Å². The van der Waals surface area contributed by atoms with Gasteiger partial charge in [0.25, 0.3) is 0 Å². The Balaban J connectivity index is 2.68. The molecule has 2 heteroatoms. The van der Waals surface area contributed by atoms with Crippen LogP contribution in [0, 0.1) is 0 Å². The molecule has 0 bridgehead atoms. The zero-order chi connectivity index (χ0) is 5.70. The van der Waals surface area contributed by atoms with Crippen LogP contribution in [0.4, 0.5) is 0 Å². The molecule has 0 aliphatic rings. The van der Waals surface area contributed by atoms with Gasteiger partial charge in [0.05, 0.1) is 0 Å². The molecule has 0 rings (SSSR count). The summed E-state index contributed by atoms with van der Waals surface area (Å²) in [6.07, 6.45) is 2.43. The lowest BCUT2D eigenvalue weighted by Gasteiger charge is -2.05. The van der Waals surface area contributed by atoms with Crippen molar-refractivity contribution in [2.45, 2.75) is 19.8 Å². The Morgan fingerprint density at radius 3 is 2.29 bits per heavy atom. The number of hydrogen-bond acceptors (Lipinski definition) is 2. The van der Waals surface area contributed by atoms with Gasteiger partial charge in [-0.3, -0.25) is 10.9 Å². The average molecular weight is 102 g/mol. The Kier molecular flexibility index (Phi) is 4.04.